The highest BCUT2D eigenvalue weighted by Gasteiger charge is 2.31. The Morgan fingerprint density at radius 3 is 2.22 bits per heavy atom. The molecule has 1 aliphatic carbocycles. The highest BCUT2D eigenvalue weighted by atomic mass is 35.5. The molecule has 7 nitrogen and oxygen atoms in total. The second kappa shape index (κ2) is 10.5. The molecule has 10 heteroatoms. The summed E-state index contributed by atoms with van der Waals surface area (Å²) in [7, 11) is 0. The third-order valence-electron chi connectivity index (χ3n) is 5.19. The van der Waals surface area contributed by atoms with Gasteiger partial charge in [-0.25, -0.2) is 9.48 Å². The predicted molar refractivity (Wildman–Crippen MR) is 135 cm³/mol. The van der Waals surface area contributed by atoms with Crippen LogP contribution in [-0.4, -0.2) is 33.9 Å². The molecule has 0 saturated carbocycles. The Morgan fingerprint density at radius 2 is 1.64 bits per heavy atom. The van der Waals surface area contributed by atoms with E-state index in [9.17, 15) is 19.5 Å². The molecular weight excluding hydrogens is 527 g/mol. The van der Waals surface area contributed by atoms with Gasteiger partial charge in [-0.3, -0.25) is 9.59 Å². The molecule has 0 spiro atoms. The van der Waals surface area contributed by atoms with Gasteiger partial charge >= 0.3 is 5.97 Å². The summed E-state index contributed by atoms with van der Waals surface area (Å²) in [6, 6.07) is 9.37. The maximum absolute atomic E-state index is 13.1. The Balaban J connectivity index is 1.66. The van der Waals surface area contributed by atoms with Gasteiger partial charge in [0, 0.05) is 21.7 Å². The summed E-state index contributed by atoms with van der Waals surface area (Å²) in [6.07, 6.45) is 7.21. The first-order valence-corrected chi connectivity index (χ1v) is 11.7. The number of aromatic nitrogens is 2. The van der Waals surface area contributed by atoms with Crippen LogP contribution in [0.15, 0.2) is 66.3 Å². The van der Waals surface area contributed by atoms with Crippen molar-refractivity contribution in [3.63, 3.8) is 0 Å². The number of rotatable bonds is 6. The molecule has 0 aliphatic heterocycles. The van der Waals surface area contributed by atoms with Crippen LogP contribution in [0.2, 0.25) is 15.1 Å². The van der Waals surface area contributed by atoms with Crippen molar-refractivity contribution in [2.75, 3.05) is 6.61 Å². The van der Waals surface area contributed by atoms with E-state index in [4.69, 9.17) is 39.5 Å². The summed E-state index contributed by atoms with van der Waals surface area (Å²) in [5.41, 5.74) is 0.532. The zero-order valence-electron chi connectivity index (χ0n) is 18.6. The summed E-state index contributed by atoms with van der Waals surface area (Å²) in [6.45, 7) is 1.69. The van der Waals surface area contributed by atoms with Gasteiger partial charge in [-0.05, 0) is 31.0 Å². The number of esters is 1. The molecule has 2 aromatic carbocycles. The number of allylic oxidation sites excluding steroid dienone is 5. The minimum atomic E-state index is -0.805. The van der Waals surface area contributed by atoms with Crippen LogP contribution < -0.4 is 5.11 Å². The van der Waals surface area contributed by atoms with Gasteiger partial charge in [0.05, 0.1) is 22.2 Å². The number of benzene rings is 2. The average Bonchev–Trinajstić information content (AvgIpc) is 3.28. The molecule has 4 rings (SSSR count). The number of Topliss-reactive ketones (excluding diaryl/α,β-unsaturated/α-hetero) is 2. The van der Waals surface area contributed by atoms with Crippen molar-refractivity contribution in [2.24, 2.45) is 0 Å². The third kappa shape index (κ3) is 4.73. The molecule has 0 saturated heterocycles. The molecule has 0 N–H and O–H groups in total. The van der Waals surface area contributed by atoms with Crippen LogP contribution in [0.4, 0.5) is 0 Å². The molecule has 36 heavy (non-hydrogen) atoms. The van der Waals surface area contributed by atoms with E-state index < -0.39 is 11.8 Å². The second-order valence-electron chi connectivity index (χ2n) is 7.45. The lowest BCUT2D eigenvalue weighted by atomic mass is 10.1. The molecule has 1 aliphatic rings. The highest BCUT2D eigenvalue weighted by molar-refractivity contribution is 6.41. The van der Waals surface area contributed by atoms with Crippen molar-refractivity contribution < 1.29 is 24.2 Å². The summed E-state index contributed by atoms with van der Waals surface area (Å²) in [5, 5.41) is 17.6. The number of nitrogens with zero attached hydrogens (tertiary/aromatic N) is 2. The predicted octanol–water partition coefficient (Wildman–Crippen LogP) is 5.66. The molecule has 182 valence electrons. The van der Waals surface area contributed by atoms with E-state index in [1.54, 1.807) is 31.2 Å². The topological polar surface area (TPSA) is 101 Å². The number of hydrogen-bond acceptors (Lipinski definition) is 6. The summed E-state index contributed by atoms with van der Waals surface area (Å²) in [4.78, 5) is 37.4. The van der Waals surface area contributed by atoms with Gasteiger partial charge < -0.3 is 9.84 Å². The largest absolute Gasteiger partial charge is 0.858 e. The number of ether oxygens (including phenoxy) is 1. The summed E-state index contributed by atoms with van der Waals surface area (Å²) >= 11 is 18.4. The molecule has 0 unspecified atom stereocenters. The van der Waals surface area contributed by atoms with E-state index in [-0.39, 0.29) is 55.8 Å². The first kappa shape index (κ1) is 25.4. The summed E-state index contributed by atoms with van der Waals surface area (Å²) < 4.78 is 5.93. The Kier molecular flexibility index (Phi) is 7.45. The van der Waals surface area contributed by atoms with Gasteiger partial charge in [-0.2, -0.15) is 5.10 Å². The second-order valence-corrected chi connectivity index (χ2v) is 8.70. The van der Waals surface area contributed by atoms with Crippen LogP contribution in [0.1, 0.15) is 43.7 Å². The molecular formula is C26H16Cl3N2O5-. The van der Waals surface area contributed by atoms with Gasteiger partial charge in [-0.1, -0.05) is 83.4 Å². The van der Waals surface area contributed by atoms with Crippen molar-refractivity contribution >= 4 is 58.4 Å². The lowest BCUT2D eigenvalue weighted by molar-refractivity contribution is -0.278. The smallest absolute Gasteiger partial charge is 0.359 e. The Labute approximate surface area is 220 Å². The maximum Gasteiger partial charge on any atom is 0.359 e. The van der Waals surface area contributed by atoms with Crippen LogP contribution in [0, 0.1) is 0 Å². The maximum atomic E-state index is 13.1. The SMILES string of the molecule is CCOC(=O)c1nn(-c2c(Cl)cc(Cl)cc2Cl)c([O-])c1C=CC=CC=C1C(=O)c2ccccc2C1=O. The van der Waals surface area contributed by atoms with Crippen LogP contribution in [0.5, 0.6) is 5.88 Å². The van der Waals surface area contributed by atoms with Crippen molar-refractivity contribution in [2.45, 2.75) is 6.92 Å². The Bertz CT molecular complexity index is 1440. The summed E-state index contributed by atoms with van der Waals surface area (Å²) in [5.74, 6) is -2.17. The van der Waals surface area contributed by atoms with Gasteiger partial charge in [0.2, 0.25) is 0 Å². The van der Waals surface area contributed by atoms with Crippen molar-refractivity contribution in [1.29, 1.82) is 0 Å². The lowest BCUT2D eigenvalue weighted by Crippen LogP contribution is -2.08. The number of carbonyl (C=O) groups excluding carboxylic acids is 3. The van der Waals surface area contributed by atoms with E-state index in [1.807, 2.05) is 0 Å². The quantitative estimate of drug-likeness (QED) is 0.172. The standard InChI is InChI=1S/C26H17Cl3N2O5/c1-2-36-26(35)21-17(25(34)31(30-21)22-19(28)12-14(27)13-20(22)29)10-4-3-5-11-18-23(32)15-8-6-7-9-16(15)24(18)33/h3-13,34H,2H2,1H3/p-1. The van der Waals surface area contributed by atoms with Crippen molar-refractivity contribution in [1.82, 2.24) is 9.78 Å². The number of carbonyl (C=O) groups is 3. The zero-order valence-corrected chi connectivity index (χ0v) is 20.9. The van der Waals surface area contributed by atoms with E-state index in [2.05, 4.69) is 5.10 Å². The number of fused-ring (bicyclic) bond motifs is 1. The van der Waals surface area contributed by atoms with Crippen LogP contribution in [-0.2, 0) is 4.74 Å². The number of hydrogen-bond donors (Lipinski definition) is 0. The molecule has 0 atom stereocenters. The first-order valence-electron chi connectivity index (χ1n) is 10.6. The highest BCUT2D eigenvalue weighted by Crippen LogP contribution is 2.35. The van der Waals surface area contributed by atoms with Gasteiger partial charge in [0.25, 0.3) is 0 Å². The monoisotopic (exact) mass is 541 g/mol. The van der Waals surface area contributed by atoms with Crippen molar-refractivity contribution in [3.05, 3.63) is 104 Å². The van der Waals surface area contributed by atoms with Gasteiger partial charge in [-0.15, -0.1) is 0 Å². The van der Waals surface area contributed by atoms with E-state index >= 15 is 0 Å². The van der Waals surface area contributed by atoms with E-state index in [0.717, 1.165) is 4.68 Å². The molecule has 1 aromatic heterocycles. The minimum absolute atomic E-state index is 0.0393. The molecule has 0 fully saturated rings. The molecule has 0 radical (unpaired) electrons. The molecule has 3 aromatic rings. The van der Waals surface area contributed by atoms with Gasteiger partial charge in [0.1, 0.15) is 5.69 Å². The lowest BCUT2D eigenvalue weighted by Gasteiger charge is -2.14. The van der Waals surface area contributed by atoms with Crippen LogP contribution in [0.25, 0.3) is 11.8 Å². The average molecular weight is 543 g/mol. The zero-order chi connectivity index (χ0) is 26.0. The number of halogens is 3. The Hall–Kier alpha value is -3.65. The van der Waals surface area contributed by atoms with Crippen LogP contribution >= 0.6 is 34.8 Å². The van der Waals surface area contributed by atoms with E-state index in [1.165, 1.54) is 42.5 Å². The normalized spacial score (nSPS) is 13.2. The van der Waals surface area contributed by atoms with Crippen molar-refractivity contribution in [3.8, 4) is 11.6 Å². The fourth-order valence-corrected chi connectivity index (χ4v) is 4.57. The van der Waals surface area contributed by atoms with Gasteiger partial charge in [0.15, 0.2) is 17.3 Å². The van der Waals surface area contributed by atoms with E-state index in [0.29, 0.717) is 11.1 Å². The molecule has 1 heterocycles. The van der Waals surface area contributed by atoms with Crippen LogP contribution in [0.3, 0.4) is 0 Å². The minimum Gasteiger partial charge on any atom is -0.858 e. The molecule has 0 amide bonds. The first-order chi connectivity index (χ1) is 17.2. The molecule has 0 bridgehead atoms. The fraction of sp³-hybridized carbons (Fsp3) is 0.0769. The number of ketones is 2. The third-order valence-corrected chi connectivity index (χ3v) is 5.99. The fourth-order valence-electron chi connectivity index (χ4n) is 3.60. The Morgan fingerprint density at radius 1 is 1.03 bits per heavy atom.